The summed E-state index contributed by atoms with van der Waals surface area (Å²) in [6.07, 6.45) is 7.61. The topological polar surface area (TPSA) is 119 Å². The fourth-order valence-electron chi connectivity index (χ4n) is 6.75. The van der Waals surface area contributed by atoms with Crippen molar-refractivity contribution in [1.29, 1.82) is 0 Å². The van der Waals surface area contributed by atoms with Crippen molar-refractivity contribution in [2.75, 3.05) is 16.8 Å². The van der Waals surface area contributed by atoms with Crippen LogP contribution in [0.25, 0.3) is 11.3 Å². The molecule has 0 bridgehead atoms. The van der Waals surface area contributed by atoms with Crippen LogP contribution in [-0.4, -0.2) is 49.3 Å². The summed E-state index contributed by atoms with van der Waals surface area (Å²) in [6, 6.07) is 21.0. The minimum absolute atomic E-state index is 0.168. The zero-order valence-electron chi connectivity index (χ0n) is 27.9. The lowest BCUT2D eigenvalue weighted by Crippen LogP contribution is -2.38. The Morgan fingerprint density at radius 2 is 1.75 bits per heavy atom. The molecule has 3 aromatic heterocycles. The number of anilines is 2. The van der Waals surface area contributed by atoms with E-state index in [4.69, 9.17) is 9.84 Å². The van der Waals surface area contributed by atoms with Crippen LogP contribution in [-0.2, 0) is 5.41 Å². The van der Waals surface area contributed by atoms with Gasteiger partial charge < -0.3 is 15.0 Å². The number of amides is 2. The summed E-state index contributed by atoms with van der Waals surface area (Å²) >= 11 is 0. The molecule has 1 fully saturated rings. The molecule has 2 aliphatic rings. The molecule has 11 heteroatoms. The Kier molecular flexibility index (Phi) is 8.36. The lowest BCUT2D eigenvalue weighted by Gasteiger charge is -2.33. The van der Waals surface area contributed by atoms with Gasteiger partial charge in [0, 0.05) is 29.6 Å². The van der Waals surface area contributed by atoms with Crippen molar-refractivity contribution in [2.45, 2.75) is 83.4 Å². The summed E-state index contributed by atoms with van der Waals surface area (Å²) in [5.74, 6) is 2.15. The van der Waals surface area contributed by atoms with E-state index in [1.54, 1.807) is 16.8 Å². The number of pyridine rings is 1. The molecule has 0 spiro atoms. The summed E-state index contributed by atoms with van der Waals surface area (Å²) in [5.41, 5.74) is 4.81. The van der Waals surface area contributed by atoms with Gasteiger partial charge in [-0.05, 0) is 86.6 Å². The molecule has 1 aliphatic carbocycles. The molecule has 248 valence electrons. The molecular formula is C37H42N8O3. The SMILES string of the molecule is CC1CCCCN1c1nnc2ccc(O[C@@H]3CC[C@H](NC(=O)Nc4cc(C(C)(C)C)nn4-c4ccc(C=O)cc4)c4ccccc43)cn12. The Labute approximate surface area is 280 Å². The van der Waals surface area contributed by atoms with E-state index in [2.05, 4.69) is 65.6 Å². The standard InChI is InChI=1S/C37H42N8O3/c1-24-9-7-8-20-43(24)36-41-40-33-19-16-27(22-44(33)36)48-31-18-17-30(28-10-5-6-11-29(28)31)38-35(47)39-34-21-32(37(2,3)4)42-45(34)26-14-12-25(23-46)13-15-26/h5-6,10-16,19,21-24,30-31H,7-9,17-18,20H2,1-4H3,(H2,38,39,47)/t24?,30-,31+/m0/s1. The van der Waals surface area contributed by atoms with E-state index in [1.807, 2.05) is 53.1 Å². The summed E-state index contributed by atoms with van der Waals surface area (Å²) < 4.78 is 10.4. The number of urea groups is 1. The third kappa shape index (κ3) is 6.24. The average molecular weight is 647 g/mol. The third-order valence-corrected chi connectivity index (χ3v) is 9.43. The number of carbonyl (C=O) groups excluding carboxylic acids is 2. The number of rotatable bonds is 7. The van der Waals surface area contributed by atoms with Gasteiger partial charge in [-0.3, -0.25) is 14.5 Å². The number of carbonyl (C=O) groups is 2. The molecule has 1 saturated heterocycles. The van der Waals surface area contributed by atoms with E-state index in [0.717, 1.165) is 71.9 Å². The highest BCUT2D eigenvalue weighted by Gasteiger charge is 2.30. The number of fused-ring (bicyclic) bond motifs is 2. The van der Waals surface area contributed by atoms with Crippen LogP contribution in [0.15, 0.2) is 72.9 Å². The van der Waals surface area contributed by atoms with Gasteiger partial charge in [-0.1, -0.05) is 45.0 Å². The third-order valence-electron chi connectivity index (χ3n) is 9.43. The molecule has 0 radical (unpaired) electrons. The molecular weight excluding hydrogens is 604 g/mol. The first-order valence-electron chi connectivity index (χ1n) is 16.8. The van der Waals surface area contributed by atoms with Crippen molar-refractivity contribution in [3.05, 3.63) is 95.3 Å². The maximum Gasteiger partial charge on any atom is 0.320 e. The van der Waals surface area contributed by atoms with Crippen LogP contribution in [0.5, 0.6) is 5.75 Å². The van der Waals surface area contributed by atoms with Crippen molar-refractivity contribution in [1.82, 2.24) is 29.7 Å². The van der Waals surface area contributed by atoms with Crippen LogP contribution in [0.1, 0.15) is 99.1 Å². The first-order chi connectivity index (χ1) is 23.2. The Balaban J connectivity index is 1.09. The number of nitrogens with zero attached hydrogens (tertiary/aromatic N) is 6. The first kappa shape index (κ1) is 31.4. The summed E-state index contributed by atoms with van der Waals surface area (Å²) in [6.45, 7) is 9.45. The van der Waals surface area contributed by atoms with Gasteiger partial charge in [-0.25, -0.2) is 9.48 Å². The van der Waals surface area contributed by atoms with E-state index >= 15 is 0 Å². The smallest absolute Gasteiger partial charge is 0.320 e. The van der Waals surface area contributed by atoms with Crippen LogP contribution < -0.4 is 20.3 Å². The fraction of sp³-hybridized carbons (Fsp3) is 0.378. The van der Waals surface area contributed by atoms with E-state index in [0.29, 0.717) is 23.8 Å². The van der Waals surface area contributed by atoms with Crippen LogP contribution >= 0.6 is 0 Å². The highest BCUT2D eigenvalue weighted by atomic mass is 16.5. The van der Waals surface area contributed by atoms with E-state index in [9.17, 15) is 9.59 Å². The normalized spacial score (nSPS) is 19.5. The van der Waals surface area contributed by atoms with Crippen molar-refractivity contribution in [2.24, 2.45) is 0 Å². The second-order valence-electron chi connectivity index (χ2n) is 13.9. The van der Waals surface area contributed by atoms with E-state index in [1.165, 1.54) is 6.42 Å². The second-order valence-corrected chi connectivity index (χ2v) is 13.9. The predicted molar refractivity (Wildman–Crippen MR) is 185 cm³/mol. The monoisotopic (exact) mass is 646 g/mol. The quantitative estimate of drug-likeness (QED) is 0.180. The van der Waals surface area contributed by atoms with Crippen molar-refractivity contribution in [3.8, 4) is 11.4 Å². The largest absolute Gasteiger partial charge is 0.484 e. The van der Waals surface area contributed by atoms with Gasteiger partial charge in [0.1, 0.15) is 24.0 Å². The van der Waals surface area contributed by atoms with Gasteiger partial charge in [-0.15, -0.1) is 10.2 Å². The van der Waals surface area contributed by atoms with E-state index in [-0.39, 0.29) is 23.6 Å². The van der Waals surface area contributed by atoms with Crippen LogP contribution in [0.2, 0.25) is 0 Å². The summed E-state index contributed by atoms with van der Waals surface area (Å²) in [5, 5.41) is 20.0. The molecule has 2 aromatic carbocycles. The van der Waals surface area contributed by atoms with Crippen LogP contribution in [0.3, 0.4) is 0 Å². The summed E-state index contributed by atoms with van der Waals surface area (Å²) in [4.78, 5) is 27.1. The second kappa shape index (κ2) is 12.8. The first-order valence-corrected chi connectivity index (χ1v) is 16.8. The molecule has 5 aromatic rings. The van der Waals surface area contributed by atoms with Crippen molar-refractivity contribution < 1.29 is 14.3 Å². The molecule has 4 heterocycles. The zero-order chi connectivity index (χ0) is 33.4. The number of ether oxygens (including phenoxy) is 1. The molecule has 0 saturated carbocycles. The van der Waals surface area contributed by atoms with Crippen LogP contribution in [0, 0.1) is 0 Å². The Bertz CT molecular complexity index is 1940. The van der Waals surface area contributed by atoms with Gasteiger partial charge >= 0.3 is 6.03 Å². The van der Waals surface area contributed by atoms with Gasteiger partial charge in [0.2, 0.25) is 5.95 Å². The maximum absolute atomic E-state index is 13.5. The summed E-state index contributed by atoms with van der Waals surface area (Å²) in [7, 11) is 0. The van der Waals surface area contributed by atoms with Gasteiger partial charge in [0.05, 0.1) is 23.6 Å². The molecule has 7 rings (SSSR count). The zero-order valence-corrected chi connectivity index (χ0v) is 27.9. The number of hydrogen-bond acceptors (Lipinski definition) is 7. The molecule has 3 atom stereocenters. The van der Waals surface area contributed by atoms with Crippen LogP contribution in [0.4, 0.5) is 16.6 Å². The molecule has 1 unspecified atom stereocenters. The Hall–Kier alpha value is -5.19. The number of hydrogen-bond donors (Lipinski definition) is 2. The van der Waals surface area contributed by atoms with Crippen molar-refractivity contribution in [3.63, 3.8) is 0 Å². The number of nitrogens with one attached hydrogen (secondary N) is 2. The minimum atomic E-state index is -0.321. The lowest BCUT2D eigenvalue weighted by molar-refractivity contribution is 0.112. The van der Waals surface area contributed by atoms with Gasteiger partial charge in [0.15, 0.2) is 5.65 Å². The lowest BCUT2D eigenvalue weighted by atomic mass is 9.85. The molecule has 11 nitrogen and oxygen atoms in total. The minimum Gasteiger partial charge on any atom is -0.484 e. The maximum atomic E-state index is 13.5. The van der Waals surface area contributed by atoms with Gasteiger partial charge in [-0.2, -0.15) is 5.10 Å². The predicted octanol–water partition coefficient (Wildman–Crippen LogP) is 7.18. The Morgan fingerprint density at radius 1 is 0.958 bits per heavy atom. The number of aromatic nitrogens is 5. The van der Waals surface area contributed by atoms with E-state index < -0.39 is 0 Å². The molecule has 2 amide bonds. The van der Waals surface area contributed by atoms with Crippen molar-refractivity contribution >= 4 is 29.7 Å². The number of aldehydes is 1. The number of piperidine rings is 1. The highest BCUT2D eigenvalue weighted by Crippen LogP contribution is 2.39. The highest BCUT2D eigenvalue weighted by molar-refractivity contribution is 5.89. The van der Waals surface area contributed by atoms with Gasteiger partial charge in [0.25, 0.3) is 0 Å². The molecule has 1 aliphatic heterocycles. The number of benzene rings is 2. The Morgan fingerprint density at radius 3 is 2.50 bits per heavy atom. The molecule has 48 heavy (non-hydrogen) atoms. The fourth-order valence-corrected chi connectivity index (χ4v) is 6.75. The molecule has 2 N–H and O–H groups in total. The average Bonchev–Trinajstić information content (AvgIpc) is 3.71.